The number of nitrogen functional groups attached to an aromatic ring is 1. The van der Waals surface area contributed by atoms with Gasteiger partial charge in [-0.25, -0.2) is 0 Å². The Morgan fingerprint density at radius 3 is 2.95 bits per heavy atom. The predicted octanol–water partition coefficient (Wildman–Crippen LogP) is 3.32. The van der Waals surface area contributed by atoms with Crippen LogP contribution in [0.25, 0.3) is 11.0 Å². The Kier molecular flexibility index (Phi) is 3.38. The first-order valence-corrected chi connectivity index (χ1v) is 7.25. The Morgan fingerprint density at radius 1 is 1.45 bits per heavy atom. The van der Waals surface area contributed by atoms with Gasteiger partial charge in [0.05, 0.1) is 0 Å². The molecule has 1 atom stereocenters. The predicted molar refractivity (Wildman–Crippen MR) is 79.5 cm³/mol. The highest BCUT2D eigenvalue weighted by Gasteiger charge is 2.26. The maximum Gasteiger partial charge on any atom is 0.287 e. The Hall–Kier alpha value is -1.97. The molecular formula is C16H20N2O2. The number of anilines is 1. The van der Waals surface area contributed by atoms with Gasteiger partial charge in [0.2, 0.25) is 0 Å². The summed E-state index contributed by atoms with van der Waals surface area (Å²) in [5.41, 5.74) is 7.10. The Balaban J connectivity index is 1.73. The zero-order valence-electron chi connectivity index (χ0n) is 11.7. The molecule has 1 heterocycles. The second-order valence-electron chi connectivity index (χ2n) is 5.67. The van der Waals surface area contributed by atoms with Gasteiger partial charge in [0.1, 0.15) is 5.58 Å². The summed E-state index contributed by atoms with van der Waals surface area (Å²) in [6.45, 7) is 2.10. The number of rotatable bonds is 5. The smallest absolute Gasteiger partial charge is 0.287 e. The standard InChI is InChI=1S/C16H20N2O2/c1-2-13(7-10-3-4-10)18-16(19)15-9-11-8-12(17)5-6-14(11)20-15/h5-6,8-10,13H,2-4,7,17H2,1H3,(H,18,19). The molecule has 1 saturated carbocycles. The SMILES string of the molecule is CCC(CC1CC1)NC(=O)c1cc2cc(N)ccc2o1. The molecule has 1 amide bonds. The van der Waals surface area contributed by atoms with Crippen LogP contribution in [0.2, 0.25) is 0 Å². The minimum Gasteiger partial charge on any atom is -0.451 e. The highest BCUT2D eigenvalue weighted by Crippen LogP contribution is 2.34. The highest BCUT2D eigenvalue weighted by molar-refractivity contribution is 5.96. The molecule has 2 aromatic rings. The van der Waals surface area contributed by atoms with Crippen molar-refractivity contribution in [1.29, 1.82) is 0 Å². The molecule has 1 aromatic heterocycles. The molecule has 1 aromatic carbocycles. The van der Waals surface area contributed by atoms with Crippen molar-refractivity contribution in [2.75, 3.05) is 5.73 Å². The summed E-state index contributed by atoms with van der Waals surface area (Å²) in [5, 5.41) is 3.93. The van der Waals surface area contributed by atoms with Gasteiger partial charge in [0.15, 0.2) is 5.76 Å². The van der Waals surface area contributed by atoms with Gasteiger partial charge in [-0.05, 0) is 43.0 Å². The van der Waals surface area contributed by atoms with E-state index in [-0.39, 0.29) is 11.9 Å². The van der Waals surface area contributed by atoms with Crippen LogP contribution in [0.4, 0.5) is 5.69 Å². The average molecular weight is 272 g/mol. The van der Waals surface area contributed by atoms with E-state index in [2.05, 4.69) is 12.2 Å². The summed E-state index contributed by atoms with van der Waals surface area (Å²) < 4.78 is 5.58. The molecule has 3 N–H and O–H groups in total. The van der Waals surface area contributed by atoms with Gasteiger partial charge in [0, 0.05) is 17.1 Å². The summed E-state index contributed by atoms with van der Waals surface area (Å²) in [6.07, 6.45) is 4.64. The van der Waals surface area contributed by atoms with Gasteiger partial charge in [0.25, 0.3) is 5.91 Å². The topological polar surface area (TPSA) is 68.3 Å². The van der Waals surface area contributed by atoms with E-state index in [1.807, 2.05) is 6.07 Å². The fourth-order valence-electron chi connectivity index (χ4n) is 2.51. The first-order chi connectivity index (χ1) is 9.65. The van der Waals surface area contributed by atoms with Gasteiger partial charge < -0.3 is 15.5 Å². The van der Waals surface area contributed by atoms with Crippen LogP contribution in [0.1, 0.15) is 43.2 Å². The maximum absolute atomic E-state index is 12.2. The van der Waals surface area contributed by atoms with Crippen molar-refractivity contribution >= 4 is 22.6 Å². The number of nitrogens with one attached hydrogen (secondary N) is 1. The molecule has 1 unspecified atom stereocenters. The number of benzene rings is 1. The van der Waals surface area contributed by atoms with E-state index < -0.39 is 0 Å². The Labute approximate surface area is 118 Å². The van der Waals surface area contributed by atoms with E-state index in [4.69, 9.17) is 10.2 Å². The molecule has 0 bridgehead atoms. The van der Waals surface area contributed by atoms with Crippen molar-refractivity contribution in [2.45, 2.75) is 38.6 Å². The molecule has 20 heavy (non-hydrogen) atoms. The lowest BCUT2D eigenvalue weighted by atomic mass is 10.1. The van der Waals surface area contributed by atoms with E-state index in [0.29, 0.717) is 17.0 Å². The minimum absolute atomic E-state index is 0.132. The summed E-state index contributed by atoms with van der Waals surface area (Å²) in [7, 11) is 0. The molecule has 0 aliphatic heterocycles. The lowest BCUT2D eigenvalue weighted by Crippen LogP contribution is -2.34. The zero-order valence-corrected chi connectivity index (χ0v) is 11.7. The number of hydrogen-bond donors (Lipinski definition) is 2. The summed E-state index contributed by atoms with van der Waals surface area (Å²) >= 11 is 0. The average Bonchev–Trinajstić information content (AvgIpc) is 3.14. The van der Waals surface area contributed by atoms with Crippen LogP contribution in [0, 0.1) is 5.92 Å². The quantitative estimate of drug-likeness (QED) is 0.820. The van der Waals surface area contributed by atoms with Crippen molar-refractivity contribution in [2.24, 2.45) is 5.92 Å². The zero-order chi connectivity index (χ0) is 14.1. The van der Waals surface area contributed by atoms with Crippen LogP contribution >= 0.6 is 0 Å². The number of fused-ring (bicyclic) bond motifs is 1. The third-order valence-electron chi connectivity index (χ3n) is 3.91. The van der Waals surface area contributed by atoms with Crippen LogP contribution in [0.5, 0.6) is 0 Å². The van der Waals surface area contributed by atoms with Crippen molar-refractivity contribution < 1.29 is 9.21 Å². The van der Waals surface area contributed by atoms with Gasteiger partial charge in [-0.2, -0.15) is 0 Å². The molecule has 106 valence electrons. The molecule has 4 heteroatoms. The fraction of sp³-hybridized carbons (Fsp3) is 0.438. The van der Waals surface area contributed by atoms with Crippen LogP contribution < -0.4 is 11.1 Å². The summed E-state index contributed by atoms with van der Waals surface area (Å²) in [4.78, 5) is 12.2. The van der Waals surface area contributed by atoms with Crippen LogP contribution in [0.15, 0.2) is 28.7 Å². The second-order valence-corrected chi connectivity index (χ2v) is 5.67. The Bertz CT molecular complexity index is 628. The molecule has 1 fully saturated rings. The first-order valence-electron chi connectivity index (χ1n) is 7.25. The number of carbonyl (C=O) groups excluding carboxylic acids is 1. The second kappa shape index (κ2) is 5.19. The van der Waals surface area contributed by atoms with Gasteiger partial charge in [-0.3, -0.25) is 4.79 Å². The third-order valence-corrected chi connectivity index (χ3v) is 3.91. The van der Waals surface area contributed by atoms with Gasteiger partial charge in [-0.1, -0.05) is 19.8 Å². The van der Waals surface area contributed by atoms with Gasteiger partial charge in [-0.15, -0.1) is 0 Å². The number of carbonyl (C=O) groups is 1. The largest absolute Gasteiger partial charge is 0.451 e. The molecule has 1 aliphatic carbocycles. The minimum atomic E-state index is -0.132. The van der Waals surface area contributed by atoms with Crippen LogP contribution in [-0.4, -0.2) is 11.9 Å². The highest BCUT2D eigenvalue weighted by atomic mass is 16.3. The normalized spacial score (nSPS) is 16.2. The van der Waals surface area contributed by atoms with E-state index in [0.717, 1.165) is 24.1 Å². The molecule has 0 radical (unpaired) electrons. The summed E-state index contributed by atoms with van der Waals surface area (Å²) in [6, 6.07) is 7.38. The molecule has 1 aliphatic rings. The first kappa shape index (κ1) is 13.0. The Morgan fingerprint density at radius 2 is 2.25 bits per heavy atom. The summed E-state index contributed by atoms with van der Waals surface area (Å²) in [5.74, 6) is 1.03. The molecule has 0 spiro atoms. The van der Waals surface area contributed by atoms with Crippen molar-refractivity contribution in [3.8, 4) is 0 Å². The van der Waals surface area contributed by atoms with E-state index in [9.17, 15) is 4.79 Å². The van der Waals surface area contributed by atoms with Gasteiger partial charge >= 0.3 is 0 Å². The molecule has 0 saturated heterocycles. The van der Waals surface area contributed by atoms with E-state index >= 15 is 0 Å². The molecule has 4 nitrogen and oxygen atoms in total. The molecule has 3 rings (SSSR count). The lowest BCUT2D eigenvalue weighted by molar-refractivity contribution is 0.0907. The fourth-order valence-corrected chi connectivity index (χ4v) is 2.51. The number of hydrogen-bond acceptors (Lipinski definition) is 3. The van der Waals surface area contributed by atoms with Crippen molar-refractivity contribution in [1.82, 2.24) is 5.32 Å². The number of nitrogens with two attached hydrogens (primary N) is 1. The number of amides is 1. The number of furan rings is 1. The lowest BCUT2D eigenvalue weighted by Gasteiger charge is -2.15. The third kappa shape index (κ3) is 2.79. The van der Waals surface area contributed by atoms with Crippen molar-refractivity contribution in [3.63, 3.8) is 0 Å². The maximum atomic E-state index is 12.2. The monoisotopic (exact) mass is 272 g/mol. The molecular weight excluding hydrogens is 252 g/mol. The van der Waals surface area contributed by atoms with Crippen molar-refractivity contribution in [3.05, 3.63) is 30.0 Å². The van der Waals surface area contributed by atoms with Crippen LogP contribution in [-0.2, 0) is 0 Å². The van der Waals surface area contributed by atoms with E-state index in [1.54, 1.807) is 18.2 Å². The van der Waals surface area contributed by atoms with Crippen LogP contribution in [0.3, 0.4) is 0 Å². The van der Waals surface area contributed by atoms with E-state index in [1.165, 1.54) is 12.8 Å².